The summed E-state index contributed by atoms with van der Waals surface area (Å²) in [6, 6.07) is 0. The highest BCUT2D eigenvalue weighted by molar-refractivity contribution is 7.92. The Morgan fingerprint density at radius 3 is 2.67 bits per heavy atom. The number of rotatable bonds is 6. The predicted molar refractivity (Wildman–Crippen MR) is 73.6 cm³/mol. The molecule has 6 heteroatoms. The Morgan fingerprint density at radius 1 is 1.44 bits per heavy atom. The van der Waals surface area contributed by atoms with E-state index in [0.717, 1.165) is 26.2 Å². The lowest BCUT2D eigenvalue weighted by atomic mass is 10.2. The summed E-state index contributed by atoms with van der Waals surface area (Å²) in [5.74, 6) is 0. The van der Waals surface area contributed by atoms with E-state index in [2.05, 4.69) is 17.1 Å². The summed E-state index contributed by atoms with van der Waals surface area (Å²) in [4.78, 5) is 2.34. The molecule has 18 heavy (non-hydrogen) atoms. The van der Waals surface area contributed by atoms with Gasteiger partial charge in [0.05, 0.1) is 17.5 Å². The van der Waals surface area contributed by atoms with E-state index in [1.165, 1.54) is 6.26 Å². The number of hydrogen-bond donors (Lipinski definition) is 1. The van der Waals surface area contributed by atoms with Gasteiger partial charge in [-0.1, -0.05) is 6.92 Å². The molecule has 1 N–H and O–H groups in total. The minimum atomic E-state index is -3.03. The number of morpholine rings is 1. The summed E-state index contributed by atoms with van der Waals surface area (Å²) in [5, 5.41) is 3.22. The van der Waals surface area contributed by atoms with Crippen LogP contribution < -0.4 is 5.32 Å². The quantitative estimate of drug-likeness (QED) is 0.748. The van der Waals surface area contributed by atoms with Crippen LogP contribution in [0.5, 0.6) is 0 Å². The number of ether oxygens (including phenoxy) is 1. The smallest absolute Gasteiger partial charge is 0.153 e. The number of nitrogens with zero attached hydrogens (tertiary/aromatic N) is 1. The molecule has 5 nitrogen and oxygen atoms in total. The molecule has 0 bridgehead atoms. The van der Waals surface area contributed by atoms with E-state index in [1.54, 1.807) is 13.8 Å². The lowest BCUT2D eigenvalue weighted by Gasteiger charge is -2.33. The van der Waals surface area contributed by atoms with Gasteiger partial charge >= 0.3 is 0 Å². The number of likely N-dealkylation sites (N-methyl/N-ethyl adjacent to an activating group) is 1. The minimum Gasteiger partial charge on any atom is -0.374 e. The maximum absolute atomic E-state index is 11.6. The normalized spacial score (nSPS) is 23.2. The van der Waals surface area contributed by atoms with Gasteiger partial charge in [0.1, 0.15) is 0 Å². The Morgan fingerprint density at radius 2 is 2.11 bits per heavy atom. The third-order valence-electron chi connectivity index (χ3n) is 3.60. The first-order valence-corrected chi connectivity index (χ1v) is 8.39. The first-order chi connectivity index (χ1) is 8.26. The van der Waals surface area contributed by atoms with Gasteiger partial charge < -0.3 is 10.1 Å². The van der Waals surface area contributed by atoms with Gasteiger partial charge in [0, 0.05) is 32.4 Å². The molecule has 0 saturated carbocycles. The van der Waals surface area contributed by atoms with Crippen molar-refractivity contribution in [1.29, 1.82) is 0 Å². The van der Waals surface area contributed by atoms with Gasteiger partial charge in [0.15, 0.2) is 9.84 Å². The van der Waals surface area contributed by atoms with Crippen molar-refractivity contribution < 1.29 is 13.2 Å². The Kier molecular flexibility index (Phi) is 5.58. The second-order valence-electron chi connectivity index (χ2n) is 5.55. The topological polar surface area (TPSA) is 58.6 Å². The zero-order chi connectivity index (χ0) is 13.8. The van der Waals surface area contributed by atoms with E-state index in [1.807, 2.05) is 0 Å². The van der Waals surface area contributed by atoms with E-state index >= 15 is 0 Å². The molecule has 108 valence electrons. The summed E-state index contributed by atoms with van der Waals surface area (Å²) >= 11 is 0. The zero-order valence-electron chi connectivity index (χ0n) is 11.9. The van der Waals surface area contributed by atoms with E-state index in [0.29, 0.717) is 13.1 Å². The van der Waals surface area contributed by atoms with Crippen LogP contribution in [0.1, 0.15) is 20.8 Å². The third-order valence-corrected chi connectivity index (χ3v) is 5.75. The Hall–Kier alpha value is -0.170. The lowest BCUT2D eigenvalue weighted by Crippen LogP contribution is -2.49. The van der Waals surface area contributed by atoms with E-state index in [4.69, 9.17) is 4.74 Å². The van der Waals surface area contributed by atoms with Crippen molar-refractivity contribution in [1.82, 2.24) is 10.2 Å². The fourth-order valence-corrected chi connectivity index (χ4v) is 2.22. The molecule has 1 aliphatic rings. The van der Waals surface area contributed by atoms with Crippen LogP contribution in [0.25, 0.3) is 0 Å². The van der Waals surface area contributed by atoms with Crippen molar-refractivity contribution in [3.63, 3.8) is 0 Å². The molecule has 0 radical (unpaired) electrons. The van der Waals surface area contributed by atoms with Gasteiger partial charge in [-0.15, -0.1) is 0 Å². The highest BCUT2D eigenvalue weighted by Gasteiger charge is 2.30. The van der Waals surface area contributed by atoms with Crippen molar-refractivity contribution >= 4 is 9.84 Å². The fourth-order valence-electron chi connectivity index (χ4n) is 1.86. The highest BCUT2D eigenvalue weighted by atomic mass is 32.2. The molecule has 1 rings (SSSR count). The van der Waals surface area contributed by atoms with E-state index < -0.39 is 14.6 Å². The molecule has 1 saturated heterocycles. The van der Waals surface area contributed by atoms with Crippen molar-refractivity contribution in [2.24, 2.45) is 0 Å². The van der Waals surface area contributed by atoms with Crippen LogP contribution in [0.15, 0.2) is 0 Å². The average Bonchev–Trinajstić information content (AvgIpc) is 2.27. The molecule has 1 fully saturated rings. The maximum atomic E-state index is 11.6. The monoisotopic (exact) mass is 278 g/mol. The van der Waals surface area contributed by atoms with Gasteiger partial charge in [0.2, 0.25) is 0 Å². The lowest BCUT2D eigenvalue weighted by molar-refractivity contribution is -0.0253. The largest absolute Gasteiger partial charge is 0.374 e. The average molecular weight is 278 g/mol. The third kappa shape index (κ3) is 4.50. The summed E-state index contributed by atoms with van der Waals surface area (Å²) < 4.78 is 28.0. The second kappa shape index (κ2) is 6.32. The molecule has 0 aliphatic carbocycles. The minimum absolute atomic E-state index is 0.161. The first-order valence-electron chi connectivity index (χ1n) is 6.50. The zero-order valence-corrected chi connectivity index (χ0v) is 12.7. The molecule has 1 heterocycles. The fraction of sp³-hybridized carbons (Fsp3) is 1.00. The molecule has 1 unspecified atom stereocenters. The van der Waals surface area contributed by atoms with Crippen LogP contribution in [-0.4, -0.2) is 69.8 Å². The summed E-state index contributed by atoms with van der Waals surface area (Å²) in [5.41, 5.74) is 0. The molecular formula is C12H26N2O3S. The van der Waals surface area contributed by atoms with Crippen LogP contribution in [0, 0.1) is 0 Å². The molecule has 0 aromatic rings. The Bertz CT molecular complexity index is 354. The van der Waals surface area contributed by atoms with Gasteiger partial charge in [-0.3, -0.25) is 4.90 Å². The predicted octanol–water partition coefficient (Wildman–Crippen LogP) is 0.120. The van der Waals surface area contributed by atoms with Gasteiger partial charge in [-0.25, -0.2) is 8.42 Å². The van der Waals surface area contributed by atoms with Crippen molar-refractivity contribution in [3.8, 4) is 0 Å². The maximum Gasteiger partial charge on any atom is 0.153 e. The number of nitrogens with one attached hydrogen (secondary N) is 1. The van der Waals surface area contributed by atoms with Crippen LogP contribution in [0.4, 0.5) is 0 Å². The highest BCUT2D eigenvalue weighted by Crippen LogP contribution is 2.13. The van der Waals surface area contributed by atoms with Crippen LogP contribution >= 0.6 is 0 Å². The van der Waals surface area contributed by atoms with Gasteiger partial charge in [-0.2, -0.15) is 0 Å². The molecular weight excluding hydrogens is 252 g/mol. The summed E-state index contributed by atoms with van der Waals surface area (Å²) in [7, 11) is -3.03. The van der Waals surface area contributed by atoms with Crippen molar-refractivity contribution in [2.75, 3.05) is 45.6 Å². The van der Waals surface area contributed by atoms with Gasteiger partial charge in [0.25, 0.3) is 0 Å². The van der Waals surface area contributed by atoms with E-state index in [9.17, 15) is 8.42 Å². The van der Waals surface area contributed by atoms with Gasteiger partial charge in [-0.05, 0) is 20.4 Å². The van der Waals surface area contributed by atoms with Crippen LogP contribution in [0.2, 0.25) is 0 Å². The first kappa shape index (κ1) is 15.9. The van der Waals surface area contributed by atoms with E-state index in [-0.39, 0.29) is 6.10 Å². The van der Waals surface area contributed by atoms with Crippen LogP contribution in [0.3, 0.4) is 0 Å². The number of hydrogen-bond acceptors (Lipinski definition) is 5. The molecule has 0 aromatic heterocycles. The number of sulfone groups is 1. The molecule has 0 aromatic carbocycles. The molecule has 1 aliphatic heterocycles. The molecule has 0 amide bonds. The van der Waals surface area contributed by atoms with Crippen molar-refractivity contribution in [2.45, 2.75) is 31.6 Å². The standard InChI is InChI=1S/C12H26N2O3S/c1-5-14-6-7-17-11(9-14)8-13-10-12(2,3)18(4,15)16/h11,13H,5-10H2,1-4H3. The second-order valence-corrected chi connectivity index (χ2v) is 8.20. The SMILES string of the molecule is CCN1CCOC(CNCC(C)(C)S(C)(=O)=O)C1. The van der Waals surface area contributed by atoms with Crippen LogP contribution in [-0.2, 0) is 14.6 Å². The van der Waals surface area contributed by atoms with Crippen molar-refractivity contribution in [3.05, 3.63) is 0 Å². The molecule has 0 spiro atoms. The molecule has 1 atom stereocenters. The summed E-state index contributed by atoms with van der Waals surface area (Å²) in [6.45, 7) is 10.5. The Labute approximate surface area is 111 Å². The summed E-state index contributed by atoms with van der Waals surface area (Å²) in [6.07, 6.45) is 1.44. The Balaban J connectivity index is 2.34.